The second-order valence-electron chi connectivity index (χ2n) is 4.75. The predicted molar refractivity (Wildman–Crippen MR) is 65.6 cm³/mol. The lowest BCUT2D eigenvalue weighted by Gasteiger charge is -2.30. The molecule has 0 spiro atoms. The van der Waals surface area contributed by atoms with E-state index in [2.05, 4.69) is 13.2 Å². The largest absolute Gasteiger partial charge is 0.454 e. The molecule has 4 heteroatoms. The second kappa shape index (κ2) is 5.77. The maximum atomic E-state index is 11.5. The zero-order chi connectivity index (χ0) is 13.7. The molecular formula is C13H20O4. The van der Waals surface area contributed by atoms with Crippen LogP contribution in [-0.4, -0.2) is 29.6 Å². The van der Waals surface area contributed by atoms with E-state index in [1.165, 1.54) is 6.08 Å². The molecule has 0 fully saturated rings. The Labute approximate surface area is 102 Å². The number of rotatable bonds is 7. The molecule has 96 valence electrons. The molecule has 0 atom stereocenters. The van der Waals surface area contributed by atoms with Crippen molar-refractivity contribution < 1.29 is 19.1 Å². The molecule has 0 bridgehead atoms. The summed E-state index contributed by atoms with van der Waals surface area (Å²) in [5.74, 6) is -0.741. The molecule has 0 aliphatic carbocycles. The molecule has 0 unspecified atom stereocenters. The molecule has 0 N–H and O–H groups in total. The maximum absolute atomic E-state index is 11.5. The van der Waals surface area contributed by atoms with Crippen LogP contribution in [0, 0.1) is 0 Å². The normalized spacial score (nSPS) is 11.8. The van der Waals surface area contributed by atoms with Crippen LogP contribution >= 0.6 is 0 Å². The summed E-state index contributed by atoms with van der Waals surface area (Å²) in [6.07, 6.45) is 2.30. The van der Waals surface area contributed by atoms with Crippen LogP contribution < -0.4 is 0 Å². The zero-order valence-corrected chi connectivity index (χ0v) is 10.9. The van der Waals surface area contributed by atoms with Crippen molar-refractivity contribution in [2.45, 2.75) is 38.9 Å². The molecule has 0 aromatic heterocycles. The highest BCUT2D eigenvalue weighted by atomic mass is 16.6. The highest BCUT2D eigenvalue weighted by Crippen LogP contribution is 2.17. The van der Waals surface area contributed by atoms with E-state index in [4.69, 9.17) is 9.47 Å². The number of ketones is 1. The van der Waals surface area contributed by atoms with Crippen LogP contribution in [0.1, 0.15) is 27.7 Å². The van der Waals surface area contributed by atoms with Gasteiger partial charge in [-0.1, -0.05) is 13.2 Å². The molecule has 0 amide bonds. The lowest BCUT2D eigenvalue weighted by atomic mass is 10.0. The summed E-state index contributed by atoms with van der Waals surface area (Å²) >= 11 is 0. The van der Waals surface area contributed by atoms with Crippen LogP contribution in [0.2, 0.25) is 0 Å². The number of ether oxygens (including phenoxy) is 2. The Morgan fingerprint density at radius 1 is 1.12 bits per heavy atom. The summed E-state index contributed by atoms with van der Waals surface area (Å²) in [6, 6.07) is 0. The standard InChI is InChI=1S/C13H20O4/c1-7-10(14)13(5,6)16-9-12(3,4)17-11(15)8-2/h7-8H,1-2,9H2,3-6H3. The monoisotopic (exact) mass is 240 g/mol. The van der Waals surface area contributed by atoms with Crippen LogP contribution in [0.15, 0.2) is 25.3 Å². The Balaban J connectivity index is 4.44. The molecule has 17 heavy (non-hydrogen) atoms. The van der Waals surface area contributed by atoms with Crippen LogP contribution in [0.3, 0.4) is 0 Å². The molecule has 0 saturated carbocycles. The van der Waals surface area contributed by atoms with Crippen molar-refractivity contribution in [2.75, 3.05) is 6.61 Å². The highest BCUT2D eigenvalue weighted by molar-refractivity contribution is 5.95. The third-order valence-electron chi connectivity index (χ3n) is 2.10. The van der Waals surface area contributed by atoms with Crippen LogP contribution in [0.25, 0.3) is 0 Å². The average molecular weight is 240 g/mol. The van der Waals surface area contributed by atoms with Gasteiger partial charge in [0, 0.05) is 6.08 Å². The van der Waals surface area contributed by atoms with E-state index in [0.717, 1.165) is 6.08 Å². The van der Waals surface area contributed by atoms with Crippen molar-refractivity contribution in [1.29, 1.82) is 0 Å². The van der Waals surface area contributed by atoms with Gasteiger partial charge in [-0.15, -0.1) is 0 Å². The van der Waals surface area contributed by atoms with Crippen LogP contribution in [0.4, 0.5) is 0 Å². The number of esters is 1. The third-order valence-corrected chi connectivity index (χ3v) is 2.10. The molecule has 0 heterocycles. The SMILES string of the molecule is C=CC(=O)OC(C)(C)COC(C)(C)C(=O)C=C. The Morgan fingerprint density at radius 2 is 1.65 bits per heavy atom. The Kier molecular flexibility index (Phi) is 5.29. The van der Waals surface area contributed by atoms with Gasteiger partial charge in [-0.05, 0) is 33.8 Å². The van der Waals surface area contributed by atoms with E-state index in [1.807, 2.05) is 0 Å². The minimum atomic E-state index is -0.973. The van der Waals surface area contributed by atoms with Gasteiger partial charge in [0.2, 0.25) is 0 Å². The first-order valence-corrected chi connectivity index (χ1v) is 5.31. The third kappa shape index (κ3) is 5.45. The molecule has 0 saturated heterocycles. The van der Waals surface area contributed by atoms with Gasteiger partial charge in [-0.2, -0.15) is 0 Å². The number of hydrogen-bond acceptors (Lipinski definition) is 4. The Bertz CT molecular complexity index is 326. The van der Waals surface area contributed by atoms with E-state index in [1.54, 1.807) is 27.7 Å². The first-order valence-electron chi connectivity index (χ1n) is 5.31. The molecule has 0 radical (unpaired) electrons. The van der Waals surface area contributed by atoms with Crippen LogP contribution in [0.5, 0.6) is 0 Å². The molecular weight excluding hydrogens is 220 g/mol. The molecule has 0 aliphatic heterocycles. The fraction of sp³-hybridized carbons (Fsp3) is 0.538. The second-order valence-corrected chi connectivity index (χ2v) is 4.75. The van der Waals surface area contributed by atoms with Gasteiger partial charge in [0.25, 0.3) is 0 Å². The topological polar surface area (TPSA) is 52.6 Å². The van der Waals surface area contributed by atoms with E-state index >= 15 is 0 Å². The van der Waals surface area contributed by atoms with E-state index in [9.17, 15) is 9.59 Å². The van der Waals surface area contributed by atoms with E-state index in [0.29, 0.717) is 0 Å². The molecule has 4 nitrogen and oxygen atoms in total. The fourth-order valence-electron chi connectivity index (χ4n) is 1.01. The van der Waals surface area contributed by atoms with E-state index in [-0.39, 0.29) is 12.4 Å². The van der Waals surface area contributed by atoms with Gasteiger partial charge >= 0.3 is 5.97 Å². The summed E-state index contributed by atoms with van der Waals surface area (Å²) in [5.41, 5.74) is -1.79. The van der Waals surface area contributed by atoms with Gasteiger partial charge in [-0.25, -0.2) is 4.79 Å². The minimum Gasteiger partial charge on any atom is -0.454 e. The van der Waals surface area contributed by atoms with Crippen molar-refractivity contribution in [1.82, 2.24) is 0 Å². The molecule has 0 rings (SSSR count). The predicted octanol–water partition coefficient (Wildman–Crippen LogP) is 2.04. The summed E-state index contributed by atoms with van der Waals surface area (Å²) in [7, 11) is 0. The highest BCUT2D eigenvalue weighted by Gasteiger charge is 2.31. The lowest BCUT2D eigenvalue weighted by molar-refractivity contribution is -0.164. The van der Waals surface area contributed by atoms with Gasteiger partial charge < -0.3 is 9.47 Å². The number of carbonyl (C=O) groups is 2. The zero-order valence-electron chi connectivity index (χ0n) is 10.9. The molecule has 0 aromatic carbocycles. The van der Waals surface area contributed by atoms with Gasteiger partial charge in [0.05, 0.1) is 6.61 Å². The van der Waals surface area contributed by atoms with Crippen molar-refractivity contribution >= 4 is 11.8 Å². The Morgan fingerprint density at radius 3 is 2.06 bits per heavy atom. The minimum absolute atomic E-state index is 0.110. The summed E-state index contributed by atoms with van der Waals surface area (Å²) < 4.78 is 10.5. The summed E-state index contributed by atoms with van der Waals surface area (Å²) in [4.78, 5) is 22.5. The van der Waals surface area contributed by atoms with Crippen LogP contribution in [-0.2, 0) is 19.1 Å². The van der Waals surface area contributed by atoms with Crippen molar-refractivity contribution in [3.8, 4) is 0 Å². The van der Waals surface area contributed by atoms with E-state index < -0.39 is 17.2 Å². The maximum Gasteiger partial charge on any atom is 0.330 e. The summed E-state index contributed by atoms with van der Waals surface area (Å²) in [6.45, 7) is 13.5. The van der Waals surface area contributed by atoms with Gasteiger partial charge in [0.15, 0.2) is 5.78 Å². The van der Waals surface area contributed by atoms with Crippen molar-refractivity contribution in [2.24, 2.45) is 0 Å². The fourth-order valence-corrected chi connectivity index (χ4v) is 1.01. The average Bonchev–Trinajstić information content (AvgIpc) is 2.24. The quantitative estimate of drug-likeness (QED) is 0.505. The van der Waals surface area contributed by atoms with Crippen molar-refractivity contribution in [3.63, 3.8) is 0 Å². The van der Waals surface area contributed by atoms with Crippen molar-refractivity contribution in [3.05, 3.63) is 25.3 Å². The summed E-state index contributed by atoms with van der Waals surface area (Å²) in [5, 5.41) is 0. The smallest absolute Gasteiger partial charge is 0.330 e. The first-order chi connectivity index (χ1) is 7.64. The first kappa shape index (κ1) is 15.6. The van der Waals surface area contributed by atoms with Gasteiger partial charge in [0.1, 0.15) is 11.2 Å². The van der Waals surface area contributed by atoms with Gasteiger partial charge in [-0.3, -0.25) is 4.79 Å². The molecule has 0 aliphatic rings. The number of hydrogen-bond donors (Lipinski definition) is 0. The number of carbonyl (C=O) groups excluding carboxylic acids is 2. The Hall–Kier alpha value is -1.42. The molecule has 0 aromatic rings. The lowest BCUT2D eigenvalue weighted by Crippen LogP contribution is -2.41.